The largest absolute Gasteiger partial charge is 0.481 e. The Hall–Kier alpha value is -2.63. The first-order valence-electron chi connectivity index (χ1n) is 7.56. The predicted octanol–water partition coefficient (Wildman–Crippen LogP) is 2.26. The molecule has 0 saturated carbocycles. The molecule has 0 aliphatic carbocycles. The molecule has 0 aliphatic rings. The fourth-order valence-corrected chi connectivity index (χ4v) is 2.31. The van der Waals surface area contributed by atoms with Crippen LogP contribution in [0.15, 0.2) is 42.7 Å². The molecule has 1 amide bonds. The van der Waals surface area contributed by atoms with Crippen molar-refractivity contribution in [3.63, 3.8) is 0 Å². The van der Waals surface area contributed by atoms with E-state index < -0.39 is 5.97 Å². The normalized spacial score (nSPS) is 10.7. The van der Waals surface area contributed by atoms with Gasteiger partial charge in [0.25, 0.3) is 5.91 Å². The van der Waals surface area contributed by atoms with Crippen LogP contribution in [0.5, 0.6) is 0 Å². The molecular formula is C17H21N3O3. The van der Waals surface area contributed by atoms with Gasteiger partial charge in [0.15, 0.2) is 0 Å². The molecule has 6 nitrogen and oxygen atoms in total. The van der Waals surface area contributed by atoms with E-state index in [-0.39, 0.29) is 24.9 Å². The molecule has 1 aromatic heterocycles. The van der Waals surface area contributed by atoms with E-state index in [0.29, 0.717) is 12.1 Å². The lowest BCUT2D eigenvalue weighted by molar-refractivity contribution is -0.137. The van der Waals surface area contributed by atoms with Crippen molar-refractivity contribution in [3.05, 3.63) is 53.9 Å². The van der Waals surface area contributed by atoms with Crippen LogP contribution in [0, 0.1) is 0 Å². The van der Waals surface area contributed by atoms with Crippen molar-refractivity contribution in [2.75, 3.05) is 6.54 Å². The number of carbonyl (C=O) groups excluding carboxylic acids is 1. The molecule has 1 aromatic carbocycles. The number of carboxylic acid groups (broad SMARTS) is 1. The molecule has 122 valence electrons. The second-order valence-electron chi connectivity index (χ2n) is 5.64. The SMILES string of the molecule is CC(C)N(CCC(=O)O)C(=O)c1ccc(Cn2cccn2)cc1. The first-order valence-corrected chi connectivity index (χ1v) is 7.56. The highest BCUT2D eigenvalue weighted by atomic mass is 16.4. The van der Waals surface area contributed by atoms with Gasteiger partial charge in [0.1, 0.15) is 0 Å². The van der Waals surface area contributed by atoms with Crippen molar-refractivity contribution >= 4 is 11.9 Å². The van der Waals surface area contributed by atoms with Crippen molar-refractivity contribution in [1.82, 2.24) is 14.7 Å². The summed E-state index contributed by atoms with van der Waals surface area (Å²) in [5.74, 6) is -1.05. The monoisotopic (exact) mass is 315 g/mol. The van der Waals surface area contributed by atoms with Gasteiger partial charge in [-0.05, 0) is 37.6 Å². The third kappa shape index (κ3) is 4.67. The lowest BCUT2D eigenvalue weighted by Crippen LogP contribution is -2.38. The summed E-state index contributed by atoms with van der Waals surface area (Å²) in [4.78, 5) is 24.9. The van der Waals surface area contributed by atoms with Gasteiger partial charge in [-0.3, -0.25) is 14.3 Å². The highest BCUT2D eigenvalue weighted by Crippen LogP contribution is 2.12. The summed E-state index contributed by atoms with van der Waals surface area (Å²) in [6, 6.07) is 9.15. The summed E-state index contributed by atoms with van der Waals surface area (Å²) in [7, 11) is 0. The van der Waals surface area contributed by atoms with Crippen LogP contribution < -0.4 is 0 Å². The zero-order valence-corrected chi connectivity index (χ0v) is 13.3. The van der Waals surface area contributed by atoms with E-state index >= 15 is 0 Å². The zero-order chi connectivity index (χ0) is 16.8. The number of hydrogen-bond donors (Lipinski definition) is 1. The van der Waals surface area contributed by atoms with Crippen LogP contribution in [-0.2, 0) is 11.3 Å². The number of amides is 1. The highest BCUT2D eigenvalue weighted by molar-refractivity contribution is 5.94. The molecule has 0 bridgehead atoms. The standard InChI is InChI=1S/C17H21N3O3/c1-13(2)20(11-8-16(21)22)17(23)15-6-4-14(5-7-15)12-19-10-3-9-18-19/h3-7,9-10,13H,8,11-12H2,1-2H3,(H,21,22). The quantitative estimate of drug-likeness (QED) is 0.850. The number of benzene rings is 1. The number of aromatic nitrogens is 2. The Morgan fingerprint density at radius 2 is 1.96 bits per heavy atom. The van der Waals surface area contributed by atoms with Crippen molar-refractivity contribution in [3.8, 4) is 0 Å². The van der Waals surface area contributed by atoms with Gasteiger partial charge in [-0.15, -0.1) is 0 Å². The third-order valence-corrected chi connectivity index (χ3v) is 3.56. The average Bonchev–Trinajstić information content (AvgIpc) is 3.00. The van der Waals surface area contributed by atoms with Crippen LogP contribution in [0.4, 0.5) is 0 Å². The summed E-state index contributed by atoms with van der Waals surface area (Å²) in [5, 5.41) is 13.0. The maximum Gasteiger partial charge on any atom is 0.305 e. The van der Waals surface area contributed by atoms with Crippen molar-refractivity contribution in [2.24, 2.45) is 0 Å². The van der Waals surface area contributed by atoms with Crippen LogP contribution in [0.1, 0.15) is 36.2 Å². The van der Waals surface area contributed by atoms with Gasteiger partial charge in [0.2, 0.25) is 0 Å². The Labute approximate surface area is 135 Å². The molecule has 0 aliphatic heterocycles. The molecule has 0 fully saturated rings. The minimum absolute atomic E-state index is 0.0504. The molecule has 1 heterocycles. The van der Waals surface area contributed by atoms with Gasteiger partial charge in [0.05, 0.1) is 13.0 Å². The van der Waals surface area contributed by atoms with E-state index in [1.54, 1.807) is 23.2 Å². The second kappa shape index (κ2) is 7.58. The third-order valence-electron chi connectivity index (χ3n) is 3.56. The van der Waals surface area contributed by atoms with Crippen molar-refractivity contribution in [1.29, 1.82) is 0 Å². The fraction of sp³-hybridized carbons (Fsp3) is 0.353. The molecule has 23 heavy (non-hydrogen) atoms. The van der Waals surface area contributed by atoms with Gasteiger partial charge in [0, 0.05) is 30.5 Å². The zero-order valence-electron chi connectivity index (χ0n) is 13.3. The van der Waals surface area contributed by atoms with Crippen LogP contribution >= 0.6 is 0 Å². The summed E-state index contributed by atoms with van der Waals surface area (Å²) in [6.07, 6.45) is 3.55. The minimum Gasteiger partial charge on any atom is -0.481 e. The first kappa shape index (κ1) is 16.7. The van der Waals surface area contributed by atoms with E-state index in [2.05, 4.69) is 5.10 Å². The maximum atomic E-state index is 12.5. The van der Waals surface area contributed by atoms with Crippen molar-refractivity contribution in [2.45, 2.75) is 32.9 Å². The summed E-state index contributed by atoms with van der Waals surface area (Å²) in [5.41, 5.74) is 1.61. The van der Waals surface area contributed by atoms with E-state index in [1.165, 1.54) is 0 Å². The summed E-state index contributed by atoms with van der Waals surface area (Å²) in [6.45, 7) is 4.62. The number of aliphatic carboxylic acids is 1. The van der Waals surface area contributed by atoms with Crippen LogP contribution in [0.3, 0.4) is 0 Å². The molecular weight excluding hydrogens is 294 g/mol. The average molecular weight is 315 g/mol. The Morgan fingerprint density at radius 1 is 1.26 bits per heavy atom. The molecule has 0 spiro atoms. The molecule has 0 unspecified atom stereocenters. The molecule has 0 radical (unpaired) electrons. The molecule has 0 saturated heterocycles. The van der Waals surface area contributed by atoms with Crippen LogP contribution in [0.2, 0.25) is 0 Å². The van der Waals surface area contributed by atoms with Gasteiger partial charge in [-0.2, -0.15) is 5.10 Å². The maximum absolute atomic E-state index is 12.5. The number of hydrogen-bond acceptors (Lipinski definition) is 3. The van der Waals surface area contributed by atoms with Crippen LogP contribution in [0.25, 0.3) is 0 Å². The number of carboxylic acids is 1. The second-order valence-corrected chi connectivity index (χ2v) is 5.64. The molecule has 2 rings (SSSR count). The van der Waals surface area contributed by atoms with Gasteiger partial charge in [-0.25, -0.2) is 0 Å². The summed E-state index contributed by atoms with van der Waals surface area (Å²) < 4.78 is 1.81. The molecule has 2 aromatic rings. The van der Waals surface area contributed by atoms with Gasteiger partial charge in [-0.1, -0.05) is 12.1 Å². The van der Waals surface area contributed by atoms with Crippen LogP contribution in [-0.4, -0.2) is 44.3 Å². The fourth-order valence-electron chi connectivity index (χ4n) is 2.31. The van der Waals surface area contributed by atoms with E-state index in [4.69, 9.17) is 5.11 Å². The predicted molar refractivity (Wildman–Crippen MR) is 86.2 cm³/mol. The molecule has 1 N–H and O–H groups in total. The Bertz CT molecular complexity index is 648. The van der Waals surface area contributed by atoms with Crippen molar-refractivity contribution < 1.29 is 14.7 Å². The topological polar surface area (TPSA) is 75.4 Å². The highest BCUT2D eigenvalue weighted by Gasteiger charge is 2.19. The number of carbonyl (C=O) groups is 2. The lowest BCUT2D eigenvalue weighted by atomic mass is 10.1. The van der Waals surface area contributed by atoms with Gasteiger partial charge >= 0.3 is 5.97 Å². The Kier molecular flexibility index (Phi) is 5.51. The van der Waals surface area contributed by atoms with Gasteiger partial charge < -0.3 is 10.0 Å². The van der Waals surface area contributed by atoms with E-state index in [9.17, 15) is 9.59 Å². The molecule has 6 heteroatoms. The van der Waals surface area contributed by atoms with E-state index in [1.807, 2.05) is 42.9 Å². The number of nitrogens with zero attached hydrogens (tertiary/aromatic N) is 3. The smallest absolute Gasteiger partial charge is 0.305 e. The molecule has 0 atom stereocenters. The summed E-state index contributed by atoms with van der Waals surface area (Å²) >= 11 is 0. The minimum atomic E-state index is -0.905. The number of rotatable bonds is 7. The Balaban J connectivity index is 2.06. The Morgan fingerprint density at radius 3 is 2.48 bits per heavy atom. The van der Waals surface area contributed by atoms with E-state index in [0.717, 1.165) is 5.56 Å². The lowest BCUT2D eigenvalue weighted by Gasteiger charge is -2.26. The first-order chi connectivity index (χ1) is 11.0.